The molecule has 3 saturated heterocycles. The van der Waals surface area contributed by atoms with Crippen LogP contribution in [0, 0.1) is 12.8 Å². The lowest BCUT2D eigenvalue weighted by Crippen LogP contribution is -2.56. The van der Waals surface area contributed by atoms with Gasteiger partial charge in [0.05, 0.1) is 19.1 Å². The molecule has 7 nitrogen and oxygen atoms in total. The SMILES string of the molecule is COc1ccccc1-c1cc(C2CN3CCC2CC3CNS(C)(=O)=O)nc(C)n1. The van der Waals surface area contributed by atoms with Gasteiger partial charge in [0.1, 0.15) is 11.6 Å². The van der Waals surface area contributed by atoms with Crippen molar-refractivity contribution < 1.29 is 13.2 Å². The maximum Gasteiger partial charge on any atom is 0.208 e. The zero-order chi connectivity index (χ0) is 20.6. The number of methoxy groups -OCH3 is 1. The Morgan fingerprint density at radius 2 is 2.07 bits per heavy atom. The number of piperidine rings is 3. The molecular formula is C21H28N4O3S. The van der Waals surface area contributed by atoms with E-state index in [-0.39, 0.29) is 6.04 Å². The number of aryl methyl sites for hydroxylation is 1. The van der Waals surface area contributed by atoms with Crippen molar-refractivity contribution in [2.75, 3.05) is 33.0 Å². The Kier molecular flexibility index (Phi) is 5.59. The van der Waals surface area contributed by atoms with Gasteiger partial charge in [0.15, 0.2) is 0 Å². The topological polar surface area (TPSA) is 84.4 Å². The van der Waals surface area contributed by atoms with Gasteiger partial charge in [-0.05, 0) is 50.4 Å². The second-order valence-corrected chi connectivity index (χ2v) is 9.92. The van der Waals surface area contributed by atoms with Crippen LogP contribution >= 0.6 is 0 Å². The molecule has 0 radical (unpaired) electrons. The van der Waals surface area contributed by atoms with Crippen molar-refractivity contribution in [1.29, 1.82) is 0 Å². The lowest BCUT2D eigenvalue weighted by Gasteiger charge is -2.49. The van der Waals surface area contributed by atoms with Crippen LogP contribution in [-0.4, -0.2) is 62.3 Å². The number of ether oxygens (including phenoxy) is 1. The van der Waals surface area contributed by atoms with Gasteiger partial charge in [-0.1, -0.05) is 12.1 Å². The average molecular weight is 417 g/mol. The summed E-state index contributed by atoms with van der Waals surface area (Å²) in [5.74, 6) is 2.41. The summed E-state index contributed by atoms with van der Waals surface area (Å²) >= 11 is 0. The van der Waals surface area contributed by atoms with Crippen molar-refractivity contribution in [3.05, 3.63) is 41.9 Å². The van der Waals surface area contributed by atoms with Crippen LogP contribution in [0.15, 0.2) is 30.3 Å². The third-order valence-electron chi connectivity index (χ3n) is 6.08. The first kappa shape index (κ1) is 20.3. The van der Waals surface area contributed by atoms with E-state index in [0.29, 0.717) is 18.4 Å². The maximum absolute atomic E-state index is 11.5. The standard InChI is InChI=1S/C21H28N4O3S/c1-14-23-19(17-6-4-5-7-21(17)28-2)11-20(24-14)18-13-25-9-8-15(18)10-16(25)12-22-29(3,26)27/h4-7,11,15-16,18,22H,8-10,12-13H2,1-3H3. The highest BCUT2D eigenvalue weighted by Gasteiger charge is 2.41. The monoisotopic (exact) mass is 416 g/mol. The second-order valence-electron chi connectivity index (χ2n) is 8.09. The molecule has 0 amide bonds. The summed E-state index contributed by atoms with van der Waals surface area (Å²) in [5, 5.41) is 0. The molecule has 0 saturated carbocycles. The third kappa shape index (κ3) is 4.44. The molecule has 0 aliphatic carbocycles. The molecule has 4 atom stereocenters. The van der Waals surface area contributed by atoms with Crippen LogP contribution in [0.25, 0.3) is 11.3 Å². The Hall–Kier alpha value is -2.03. The first-order valence-electron chi connectivity index (χ1n) is 10.0. The van der Waals surface area contributed by atoms with E-state index in [1.54, 1.807) is 7.11 Å². The highest BCUT2D eigenvalue weighted by molar-refractivity contribution is 7.88. The van der Waals surface area contributed by atoms with E-state index in [1.807, 2.05) is 31.2 Å². The van der Waals surface area contributed by atoms with Crippen molar-refractivity contribution >= 4 is 10.0 Å². The predicted octanol–water partition coefficient (Wildman–Crippen LogP) is 2.19. The van der Waals surface area contributed by atoms with Crippen LogP contribution in [0.3, 0.4) is 0 Å². The van der Waals surface area contributed by atoms with Crippen molar-refractivity contribution in [3.8, 4) is 17.0 Å². The first-order valence-corrected chi connectivity index (χ1v) is 11.9. The van der Waals surface area contributed by atoms with Gasteiger partial charge in [0, 0.05) is 36.3 Å². The van der Waals surface area contributed by atoms with E-state index in [9.17, 15) is 8.42 Å². The minimum absolute atomic E-state index is 0.261. The number of hydrogen-bond acceptors (Lipinski definition) is 6. The number of benzene rings is 1. The molecule has 3 aliphatic rings. The molecule has 5 rings (SSSR count). The van der Waals surface area contributed by atoms with Crippen molar-refractivity contribution in [2.45, 2.75) is 31.7 Å². The molecule has 4 heterocycles. The van der Waals surface area contributed by atoms with Gasteiger partial charge < -0.3 is 4.74 Å². The van der Waals surface area contributed by atoms with Gasteiger partial charge in [-0.25, -0.2) is 23.1 Å². The Bertz CT molecular complexity index is 995. The fraction of sp³-hybridized carbons (Fsp3) is 0.524. The van der Waals surface area contributed by atoms with Crippen LogP contribution < -0.4 is 9.46 Å². The largest absolute Gasteiger partial charge is 0.496 e. The smallest absolute Gasteiger partial charge is 0.208 e. The Morgan fingerprint density at radius 1 is 1.28 bits per heavy atom. The summed E-state index contributed by atoms with van der Waals surface area (Å²) in [6, 6.07) is 10.3. The zero-order valence-corrected chi connectivity index (χ0v) is 17.9. The molecule has 3 aliphatic heterocycles. The Balaban J connectivity index is 1.58. The number of sulfonamides is 1. The van der Waals surface area contributed by atoms with E-state index >= 15 is 0 Å². The van der Waals surface area contributed by atoms with Gasteiger partial charge in [0.2, 0.25) is 10.0 Å². The van der Waals surface area contributed by atoms with Gasteiger partial charge in [-0.15, -0.1) is 0 Å². The Morgan fingerprint density at radius 3 is 2.76 bits per heavy atom. The molecule has 1 aromatic carbocycles. The molecule has 156 valence electrons. The lowest BCUT2D eigenvalue weighted by atomic mass is 9.74. The molecule has 0 spiro atoms. The van der Waals surface area contributed by atoms with Crippen LogP contribution in [0.2, 0.25) is 0 Å². The molecule has 3 fully saturated rings. The number of fused-ring (bicyclic) bond motifs is 3. The highest BCUT2D eigenvalue weighted by Crippen LogP contribution is 2.42. The summed E-state index contributed by atoms with van der Waals surface area (Å²) in [4.78, 5) is 11.8. The number of nitrogens with zero attached hydrogens (tertiary/aromatic N) is 3. The summed E-state index contributed by atoms with van der Waals surface area (Å²) in [6.07, 6.45) is 3.32. The van der Waals surface area contributed by atoms with E-state index in [1.165, 1.54) is 6.26 Å². The maximum atomic E-state index is 11.5. The van der Waals surface area contributed by atoms with E-state index in [4.69, 9.17) is 9.72 Å². The number of aromatic nitrogens is 2. The van der Waals surface area contributed by atoms with E-state index < -0.39 is 10.0 Å². The fourth-order valence-electron chi connectivity index (χ4n) is 4.71. The molecule has 2 bridgehead atoms. The van der Waals surface area contributed by atoms with Gasteiger partial charge >= 0.3 is 0 Å². The minimum atomic E-state index is -3.16. The molecule has 1 aromatic heterocycles. The van der Waals surface area contributed by atoms with Gasteiger partial charge in [-0.3, -0.25) is 4.90 Å². The van der Waals surface area contributed by atoms with Crippen LogP contribution in [0.4, 0.5) is 0 Å². The van der Waals surface area contributed by atoms with E-state index in [2.05, 4.69) is 20.7 Å². The summed E-state index contributed by atoms with van der Waals surface area (Å²) in [5.41, 5.74) is 2.93. The van der Waals surface area contributed by atoms with Crippen molar-refractivity contribution in [3.63, 3.8) is 0 Å². The molecule has 1 N–H and O–H groups in total. The van der Waals surface area contributed by atoms with Crippen molar-refractivity contribution in [1.82, 2.24) is 19.6 Å². The third-order valence-corrected chi connectivity index (χ3v) is 6.77. The number of para-hydroxylation sites is 1. The first-order chi connectivity index (χ1) is 13.8. The van der Waals surface area contributed by atoms with Crippen molar-refractivity contribution in [2.24, 2.45) is 5.92 Å². The summed E-state index contributed by atoms with van der Waals surface area (Å²) < 4.78 is 31.1. The number of rotatable bonds is 6. The predicted molar refractivity (Wildman–Crippen MR) is 112 cm³/mol. The lowest BCUT2D eigenvalue weighted by molar-refractivity contribution is 0.0317. The molecule has 4 unspecified atom stereocenters. The Labute approximate surface area is 172 Å². The molecule has 29 heavy (non-hydrogen) atoms. The summed E-state index contributed by atoms with van der Waals surface area (Å²) in [6.45, 7) is 4.34. The zero-order valence-electron chi connectivity index (χ0n) is 17.1. The molecule has 8 heteroatoms. The second kappa shape index (κ2) is 8.01. The highest BCUT2D eigenvalue weighted by atomic mass is 32.2. The minimum Gasteiger partial charge on any atom is -0.496 e. The van der Waals surface area contributed by atoms with E-state index in [0.717, 1.165) is 54.5 Å². The van der Waals surface area contributed by atoms with Crippen LogP contribution in [0.1, 0.15) is 30.3 Å². The van der Waals surface area contributed by atoms with Crippen LogP contribution in [0.5, 0.6) is 5.75 Å². The average Bonchev–Trinajstić information content (AvgIpc) is 2.71. The normalized spacial score (nSPS) is 26.4. The van der Waals surface area contributed by atoms with Gasteiger partial charge in [-0.2, -0.15) is 0 Å². The quantitative estimate of drug-likeness (QED) is 0.777. The van der Waals surface area contributed by atoms with Gasteiger partial charge in [0.25, 0.3) is 0 Å². The van der Waals surface area contributed by atoms with Crippen LogP contribution in [-0.2, 0) is 10.0 Å². The number of nitrogens with one attached hydrogen (secondary N) is 1. The number of hydrogen-bond donors (Lipinski definition) is 1. The fourth-order valence-corrected chi connectivity index (χ4v) is 5.20. The molecular weight excluding hydrogens is 388 g/mol. The summed E-state index contributed by atoms with van der Waals surface area (Å²) in [7, 11) is -1.49. The molecule has 2 aromatic rings.